The zero-order valence-electron chi connectivity index (χ0n) is 11.7. The van der Waals surface area contributed by atoms with E-state index in [1.54, 1.807) is 13.2 Å². The number of para-hydroxylation sites is 1. The number of hydrogen-bond acceptors (Lipinski definition) is 3. The van der Waals surface area contributed by atoms with Crippen LogP contribution in [-0.4, -0.2) is 24.2 Å². The van der Waals surface area contributed by atoms with Crippen molar-refractivity contribution in [2.75, 3.05) is 7.11 Å². The van der Waals surface area contributed by atoms with Gasteiger partial charge in [0.1, 0.15) is 5.75 Å². The van der Waals surface area contributed by atoms with Crippen LogP contribution in [0.3, 0.4) is 0 Å². The van der Waals surface area contributed by atoms with E-state index in [0.717, 1.165) is 0 Å². The van der Waals surface area contributed by atoms with Crippen molar-refractivity contribution in [3.8, 4) is 5.75 Å². The van der Waals surface area contributed by atoms with Gasteiger partial charge in [-0.25, -0.2) is 0 Å². The Hall–Kier alpha value is -1.27. The quantitative estimate of drug-likeness (QED) is 0.866. The number of aliphatic hydroxyl groups excluding tert-OH is 1. The highest BCUT2D eigenvalue weighted by molar-refractivity contribution is 5.35. The summed E-state index contributed by atoms with van der Waals surface area (Å²) in [7, 11) is 1.55. The molecule has 0 aliphatic rings. The maximum atomic E-state index is 12.3. The second-order valence-electron chi connectivity index (χ2n) is 5.10. The van der Waals surface area contributed by atoms with Crippen molar-refractivity contribution >= 4 is 0 Å². The lowest BCUT2D eigenvalue weighted by atomic mass is 9.96. The van der Waals surface area contributed by atoms with Crippen molar-refractivity contribution in [1.29, 1.82) is 0 Å². The molecule has 1 aromatic rings. The number of hydrogen-bond donors (Lipinski definition) is 1. The Morgan fingerprint density at radius 2 is 1.80 bits per heavy atom. The Bertz CT molecular complexity index is 430. The number of ether oxygens (including phenoxy) is 2. The molecule has 1 unspecified atom stereocenters. The molecule has 3 nitrogen and oxygen atoms in total. The van der Waals surface area contributed by atoms with E-state index in [-0.39, 0.29) is 17.7 Å². The highest BCUT2D eigenvalue weighted by Crippen LogP contribution is 2.33. The molecule has 1 aromatic carbocycles. The second kappa shape index (κ2) is 6.45. The fraction of sp³-hybridized carbons (Fsp3) is 0.571. The first-order valence-corrected chi connectivity index (χ1v) is 6.22. The van der Waals surface area contributed by atoms with Gasteiger partial charge in [0, 0.05) is 12.7 Å². The van der Waals surface area contributed by atoms with Crippen molar-refractivity contribution in [3.63, 3.8) is 0 Å². The smallest absolute Gasteiger partial charge is 0.405 e. The standard InChI is InChI=1S/C14H19F3O3/c1-13(2,19-3)9-8-11(18)10-6-4-5-7-12(10)20-14(15,16)17/h4-7,11,18H,8-9H2,1-3H3. The van der Waals surface area contributed by atoms with Crippen molar-refractivity contribution in [3.05, 3.63) is 29.8 Å². The lowest BCUT2D eigenvalue weighted by Gasteiger charge is -2.25. The van der Waals surface area contributed by atoms with Gasteiger partial charge in [-0.05, 0) is 32.8 Å². The average Bonchev–Trinajstić information content (AvgIpc) is 2.35. The molecular weight excluding hydrogens is 273 g/mol. The third kappa shape index (κ3) is 5.38. The second-order valence-corrected chi connectivity index (χ2v) is 5.10. The summed E-state index contributed by atoms with van der Waals surface area (Å²) in [6.45, 7) is 3.69. The summed E-state index contributed by atoms with van der Waals surface area (Å²) in [6, 6.07) is 5.60. The van der Waals surface area contributed by atoms with Gasteiger partial charge < -0.3 is 14.6 Å². The summed E-state index contributed by atoms with van der Waals surface area (Å²) in [5.74, 6) is -0.372. The SMILES string of the molecule is COC(C)(C)CCC(O)c1ccccc1OC(F)(F)F. The van der Waals surface area contributed by atoms with E-state index in [2.05, 4.69) is 4.74 Å². The van der Waals surface area contributed by atoms with E-state index in [0.29, 0.717) is 6.42 Å². The van der Waals surface area contributed by atoms with E-state index in [1.165, 1.54) is 18.2 Å². The van der Waals surface area contributed by atoms with Crippen molar-refractivity contribution in [2.45, 2.75) is 44.8 Å². The summed E-state index contributed by atoms with van der Waals surface area (Å²) in [6.07, 6.45) is -5.03. The molecule has 6 heteroatoms. The number of methoxy groups -OCH3 is 1. The van der Waals surface area contributed by atoms with Gasteiger partial charge in [-0.2, -0.15) is 0 Å². The van der Waals surface area contributed by atoms with E-state index in [4.69, 9.17) is 4.74 Å². The Morgan fingerprint density at radius 1 is 1.20 bits per heavy atom. The molecule has 0 amide bonds. The molecular formula is C14H19F3O3. The molecule has 0 fully saturated rings. The Kier molecular flexibility index (Phi) is 5.42. The van der Waals surface area contributed by atoms with Crippen LogP contribution in [0.2, 0.25) is 0 Å². The van der Waals surface area contributed by atoms with Gasteiger partial charge in [0.2, 0.25) is 0 Å². The molecule has 0 spiro atoms. The van der Waals surface area contributed by atoms with Crippen LogP contribution < -0.4 is 4.74 Å². The Labute approximate surface area is 116 Å². The van der Waals surface area contributed by atoms with Crippen molar-refractivity contribution < 1.29 is 27.8 Å². The fourth-order valence-corrected chi connectivity index (χ4v) is 1.72. The molecule has 0 radical (unpaired) electrons. The number of benzene rings is 1. The minimum Gasteiger partial charge on any atom is -0.405 e. The predicted molar refractivity (Wildman–Crippen MR) is 68.4 cm³/mol. The van der Waals surface area contributed by atoms with E-state index in [9.17, 15) is 18.3 Å². The van der Waals surface area contributed by atoms with Gasteiger partial charge in [0.25, 0.3) is 0 Å². The van der Waals surface area contributed by atoms with E-state index < -0.39 is 18.1 Å². The highest BCUT2D eigenvalue weighted by Gasteiger charge is 2.33. The first kappa shape index (κ1) is 16.8. The predicted octanol–water partition coefficient (Wildman–Crippen LogP) is 3.82. The van der Waals surface area contributed by atoms with Gasteiger partial charge in [0.15, 0.2) is 0 Å². The number of aliphatic hydroxyl groups is 1. The van der Waals surface area contributed by atoms with Crippen molar-refractivity contribution in [1.82, 2.24) is 0 Å². The average molecular weight is 292 g/mol. The van der Waals surface area contributed by atoms with Crippen LogP contribution in [0, 0.1) is 0 Å². The molecule has 0 heterocycles. The molecule has 1 atom stereocenters. The number of halogens is 3. The summed E-state index contributed by atoms with van der Waals surface area (Å²) in [4.78, 5) is 0. The van der Waals surface area contributed by atoms with Crippen LogP contribution >= 0.6 is 0 Å². The highest BCUT2D eigenvalue weighted by atomic mass is 19.4. The zero-order valence-corrected chi connectivity index (χ0v) is 11.7. The van der Waals surface area contributed by atoms with Crippen LogP contribution in [-0.2, 0) is 4.74 Å². The lowest BCUT2D eigenvalue weighted by Crippen LogP contribution is -2.23. The van der Waals surface area contributed by atoms with Crippen LogP contribution in [0.25, 0.3) is 0 Å². The van der Waals surface area contributed by atoms with Gasteiger partial charge in [0.05, 0.1) is 11.7 Å². The summed E-state index contributed by atoms with van der Waals surface area (Å²) in [5, 5.41) is 10.1. The van der Waals surface area contributed by atoms with Crippen LogP contribution in [0.15, 0.2) is 24.3 Å². The van der Waals surface area contributed by atoms with Crippen LogP contribution in [0.1, 0.15) is 38.4 Å². The maximum absolute atomic E-state index is 12.3. The molecule has 0 aromatic heterocycles. The first-order valence-electron chi connectivity index (χ1n) is 6.22. The molecule has 1 N–H and O–H groups in total. The maximum Gasteiger partial charge on any atom is 0.573 e. The van der Waals surface area contributed by atoms with Crippen LogP contribution in [0.5, 0.6) is 5.75 Å². The molecule has 0 saturated carbocycles. The minimum atomic E-state index is -4.78. The summed E-state index contributed by atoms with van der Waals surface area (Å²) in [5.41, 5.74) is -0.322. The Morgan fingerprint density at radius 3 is 2.35 bits per heavy atom. The van der Waals surface area contributed by atoms with Gasteiger partial charge in [-0.15, -0.1) is 13.2 Å². The molecule has 0 saturated heterocycles. The fourth-order valence-electron chi connectivity index (χ4n) is 1.72. The molecule has 0 aliphatic carbocycles. The normalized spacial score (nSPS) is 14.2. The zero-order chi connectivity index (χ0) is 15.4. The molecule has 1 rings (SSSR count). The van der Waals surface area contributed by atoms with Gasteiger partial charge in [-0.3, -0.25) is 0 Å². The van der Waals surface area contributed by atoms with E-state index >= 15 is 0 Å². The third-order valence-electron chi connectivity index (χ3n) is 3.08. The third-order valence-corrected chi connectivity index (χ3v) is 3.08. The lowest BCUT2D eigenvalue weighted by molar-refractivity contribution is -0.275. The Balaban J connectivity index is 2.80. The molecule has 20 heavy (non-hydrogen) atoms. The van der Waals surface area contributed by atoms with E-state index in [1.807, 2.05) is 13.8 Å². The van der Waals surface area contributed by atoms with Gasteiger partial charge in [-0.1, -0.05) is 18.2 Å². The molecule has 0 bridgehead atoms. The summed E-state index contributed by atoms with van der Waals surface area (Å²) < 4.78 is 46.0. The summed E-state index contributed by atoms with van der Waals surface area (Å²) >= 11 is 0. The first-order chi connectivity index (χ1) is 9.14. The largest absolute Gasteiger partial charge is 0.573 e. The number of alkyl halides is 3. The molecule has 114 valence electrons. The van der Waals surface area contributed by atoms with Gasteiger partial charge >= 0.3 is 6.36 Å². The minimum absolute atomic E-state index is 0.122. The number of rotatable bonds is 6. The monoisotopic (exact) mass is 292 g/mol. The van der Waals surface area contributed by atoms with Crippen LogP contribution in [0.4, 0.5) is 13.2 Å². The topological polar surface area (TPSA) is 38.7 Å². The molecule has 0 aliphatic heterocycles. The van der Waals surface area contributed by atoms with Crippen molar-refractivity contribution in [2.24, 2.45) is 0 Å².